The Labute approximate surface area is 189 Å². The van der Waals surface area contributed by atoms with Crippen molar-refractivity contribution >= 4 is 10.0 Å². The standard InChI is InChI=1S/C24H29N3O4S/c1-26-13-6-9-21(26)22(27-14-12-18-7-4-5-8-19(18)17-27)16-25-32(28,29)24-15-20(30-2)10-11-23(24)31-3/h4-11,13,15,22,25H,12,14,16-17H2,1-3H3. The van der Waals surface area contributed by atoms with E-state index in [1.54, 1.807) is 12.1 Å². The minimum Gasteiger partial charge on any atom is -0.497 e. The molecule has 3 aromatic rings. The second kappa shape index (κ2) is 9.36. The molecule has 0 saturated carbocycles. The van der Waals surface area contributed by atoms with Gasteiger partial charge in [-0.15, -0.1) is 0 Å². The van der Waals surface area contributed by atoms with E-state index >= 15 is 0 Å². The van der Waals surface area contributed by atoms with Gasteiger partial charge >= 0.3 is 0 Å². The lowest BCUT2D eigenvalue weighted by molar-refractivity contribution is 0.174. The third kappa shape index (κ3) is 4.53. The van der Waals surface area contributed by atoms with Gasteiger partial charge in [0, 0.05) is 44.6 Å². The van der Waals surface area contributed by atoms with E-state index in [4.69, 9.17) is 9.47 Å². The van der Waals surface area contributed by atoms with Crippen LogP contribution in [0.4, 0.5) is 0 Å². The first-order chi connectivity index (χ1) is 15.4. The van der Waals surface area contributed by atoms with Gasteiger partial charge in [-0.2, -0.15) is 0 Å². The summed E-state index contributed by atoms with van der Waals surface area (Å²) in [5.41, 5.74) is 3.70. The highest BCUT2D eigenvalue weighted by atomic mass is 32.2. The van der Waals surface area contributed by atoms with Crippen molar-refractivity contribution in [1.29, 1.82) is 0 Å². The van der Waals surface area contributed by atoms with Crippen molar-refractivity contribution in [3.63, 3.8) is 0 Å². The Morgan fingerprint density at radius 1 is 1.03 bits per heavy atom. The van der Waals surface area contributed by atoms with E-state index < -0.39 is 10.0 Å². The summed E-state index contributed by atoms with van der Waals surface area (Å²) in [5, 5.41) is 0. The Hall–Kier alpha value is -2.81. The molecule has 2 aromatic carbocycles. The molecule has 170 valence electrons. The largest absolute Gasteiger partial charge is 0.497 e. The number of aromatic nitrogens is 1. The van der Waals surface area contributed by atoms with Gasteiger partial charge in [0.25, 0.3) is 0 Å². The molecule has 1 atom stereocenters. The summed E-state index contributed by atoms with van der Waals surface area (Å²) in [7, 11) is 1.12. The zero-order valence-electron chi connectivity index (χ0n) is 18.6. The van der Waals surface area contributed by atoms with Crippen LogP contribution in [0.15, 0.2) is 65.7 Å². The van der Waals surface area contributed by atoms with Crippen molar-refractivity contribution in [1.82, 2.24) is 14.2 Å². The zero-order valence-corrected chi connectivity index (χ0v) is 19.4. The first-order valence-corrected chi connectivity index (χ1v) is 12.0. The Bertz CT molecular complexity index is 1190. The zero-order chi connectivity index (χ0) is 22.7. The first kappa shape index (κ1) is 22.4. The van der Waals surface area contributed by atoms with Crippen molar-refractivity contribution in [3.8, 4) is 11.5 Å². The number of aryl methyl sites for hydroxylation is 1. The van der Waals surface area contributed by atoms with Gasteiger partial charge in [-0.05, 0) is 41.8 Å². The number of hydrogen-bond acceptors (Lipinski definition) is 5. The van der Waals surface area contributed by atoms with E-state index in [0.29, 0.717) is 5.75 Å². The van der Waals surface area contributed by atoms with Crippen LogP contribution >= 0.6 is 0 Å². The number of benzene rings is 2. The molecule has 7 nitrogen and oxygen atoms in total. The van der Waals surface area contributed by atoms with Gasteiger partial charge in [0.05, 0.1) is 20.3 Å². The summed E-state index contributed by atoms with van der Waals surface area (Å²) in [5.74, 6) is 0.735. The van der Waals surface area contributed by atoms with Crippen molar-refractivity contribution in [3.05, 3.63) is 77.6 Å². The maximum Gasteiger partial charge on any atom is 0.244 e. The second-order valence-corrected chi connectivity index (χ2v) is 9.65. The van der Waals surface area contributed by atoms with Gasteiger partial charge in [-0.25, -0.2) is 13.1 Å². The van der Waals surface area contributed by atoms with Gasteiger partial charge in [0.15, 0.2) is 0 Å². The fourth-order valence-electron chi connectivity index (χ4n) is 4.29. The van der Waals surface area contributed by atoms with Crippen LogP contribution in [0.3, 0.4) is 0 Å². The number of methoxy groups -OCH3 is 2. The number of nitrogens with one attached hydrogen (secondary N) is 1. The van der Waals surface area contributed by atoms with Crippen molar-refractivity contribution in [2.24, 2.45) is 7.05 Å². The van der Waals surface area contributed by atoms with Crippen molar-refractivity contribution in [2.45, 2.75) is 23.9 Å². The number of ether oxygens (including phenoxy) is 2. The quantitative estimate of drug-likeness (QED) is 0.565. The lowest BCUT2D eigenvalue weighted by atomic mass is 9.98. The average Bonchev–Trinajstić information content (AvgIpc) is 3.24. The number of nitrogens with zero attached hydrogens (tertiary/aromatic N) is 2. The second-order valence-electron chi connectivity index (χ2n) is 7.92. The SMILES string of the molecule is COc1ccc(OC)c(S(=O)(=O)NCC(c2cccn2C)N2CCc3ccccc3C2)c1. The van der Waals surface area contributed by atoms with E-state index in [-0.39, 0.29) is 23.2 Å². The molecule has 0 fully saturated rings. The molecular weight excluding hydrogens is 426 g/mol. The summed E-state index contributed by atoms with van der Waals surface area (Å²) in [4.78, 5) is 2.40. The molecule has 0 radical (unpaired) electrons. The molecule has 0 bridgehead atoms. The predicted molar refractivity (Wildman–Crippen MR) is 123 cm³/mol. The van der Waals surface area contributed by atoms with Crippen LogP contribution in [0.2, 0.25) is 0 Å². The van der Waals surface area contributed by atoms with E-state index in [9.17, 15) is 8.42 Å². The molecule has 32 heavy (non-hydrogen) atoms. The number of hydrogen-bond donors (Lipinski definition) is 1. The molecule has 1 N–H and O–H groups in total. The fourth-order valence-corrected chi connectivity index (χ4v) is 5.51. The normalized spacial score (nSPS) is 15.2. The van der Waals surface area contributed by atoms with Gasteiger partial charge < -0.3 is 14.0 Å². The molecule has 1 aromatic heterocycles. The number of sulfonamides is 1. The van der Waals surface area contributed by atoms with E-state index in [2.05, 4.69) is 33.9 Å². The topological polar surface area (TPSA) is 72.8 Å². The third-order valence-corrected chi connectivity index (χ3v) is 7.50. The molecule has 0 spiro atoms. The monoisotopic (exact) mass is 455 g/mol. The van der Waals surface area contributed by atoms with E-state index in [0.717, 1.165) is 25.2 Å². The van der Waals surface area contributed by atoms with Gasteiger partial charge in [0.1, 0.15) is 16.4 Å². The molecular formula is C24H29N3O4S. The van der Waals surface area contributed by atoms with Crippen LogP contribution in [0.1, 0.15) is 22.9 Å². The Morgan fingerprint density at radius 2 is 1.81 bits per heavy atom. The van der Waals surface area contributed by atoms with E-state index in [1.165, 1.54) is 31.4 Å². The Morgan fingerprint density at radius 3 is 2.50 bits per heavy atom. The summed E-state index contributed by atoms with van der Waals surface area (Å²) in [6.45, 7) is 1.87. The highest BCUT2D eigenvalue weighted by Gasteiger charge is 2.29. The van der Waals surface area contributed by atoms with Crippen LogP contribution < -0.4 is 14.2 Å². The molecule has 4 rings (SSSR count). The highest BCUT2D eigenvalue weighted by Crippen LogP contribution is 2.30. The lowest BCUT2D eigenvalue weighted by Gasteiger charge is -2.36. The smallest absolute Gasteiger partial charge is 0.244 e. The van der Waals surface area contributed by atoms with Crippen LogP contribution in [-0.4, -0.2) is 45.2 Å². The van der Waals surface area contributed by atoms with Crippen LogP contribution in [0, 0.1) is 0 Å². The third-order valence-electron chi connectivity index (χ3n) is 6.05. The van der Waals surface area contributed by atoms with Crippen LogP contribution in [0.25, 0.3) is 0 Å². The average molecular weight is 456 g/mol. The molecule has 2 heterocycles. The fraction of sp³-hybridized carbons (Fsp3) is 0.333. The molecule has 8 heteroatoms. The van der Waals surface area contributed by atoms with Crippen molar-refractivity contribution in [2.75, 3.05) is 27.3 Å². The number of rotatable bonds is 8. The highest BCUT2D eigenvalue weighted by molar-refractivity contribution is 7.89. The molecule has 0 aliphatic carbocycles. The predicted octanol–water partition coefficient (Wildman–Crippen LogP) is 3.12. The number of fused-ring (bicyclic) bond motifs is 1. The molecule has 1 aliphatic rings. The summed E-state index contributed by atoms with van der Waals surface area (Å²) < 4.78 is 41.9. The maximum atomic E-state index is 13.2. The molecule has 1 aliphatic heterocycles. The van der Waals surface area contributed by atoms with Crippen LogP contribution in [0.5, 0.6) is 11.5 Å². The maximum absolute atomic E-state index is 13.2. The summed E-state index contributed by atoms with van der Waals surface area (Å²) >= 11 is 0. The van der Waals surface area contributed by atoms with E-state index in [1.807, 2.05) is 29.9 Å². The molecule has 0 amide bonds. The summed E-state index contributed by atoms with van der Waals surface area (Å²) in [6.07, 6.45) is 2.92. The minimum atomic E-state index is -3.82. The first-order valence-electron chi connectivity index (χ1n) is 10.6. The minimum absolute atomic E-state index is 0.0639. The van der Waals surface area contributed by atoms with Gasteiger partial charge in [-0.1, -0.05) is 24.3 Å². The molecule has 0 saturated heterocycles. The lowest BCUT2D eigenvalue weighted by Crippen LogP contribution is -2.41. The molecule has 1 unspecified atom stereocenters. The van der Waals surface area contributed by atoms with Crippen molar-refractivity contribution < 1.29 is 17.9 Å². The Kier molecular flexibility index (Phi) is 6.55. The van der Waals surface area contributed by atoms with Gasteiger partial charge in [-0.3, -0.25) is 4.90 Å². The Balaban J connectivity index is 1.61. The van der Waals surface area contributed by atoms with Crippen LogP contribution in [-0.2, 0) is 30.0 Å². The summed E-state index contributed by atoms with van der Waals surface area (Å²) in [6, 6.07) is 17.1. The van der Waals surface area contributed by atoms with Gasteiger partial charge in [0.2, 0.25) is 10.0 Å².